The fourth-order valence-electron chi connectivity index (χ4n) is 3.48. The average molecular weight is 365 g/mol. The number of hydrogen-bond acceptors (Lipinski definition) is 5. The van der Waals surface area contributed by atoms with E-state index in [1.807, 2.05) is 12.1 Å². The van der Waals surface area contributed by atoms with E-state index in [0.717, 1.165) is 70.1 Å². The highest BCUT2D eigenvalue weighted by Gasteiger charge is 2.34. The number of furan rings is 1. The Kier molecular flexibility index (Phi) is 7.34. The summed E-state index contributed by atoms with van der Waals surface area (Å²) in [5.41, 5.74) is -0.0474. The molecule has 7 heteroatoms. The average Bonchev–Trinajstić information content (AvgIpc) is 3.40. The van der Waals surface area contributed by atoms with E-state index in [0.29, 0.717) is 13.2 Å². The van der Waals surface area contributed by atoms with Crippen molar-refractivity contribution >= 4 is 5.96 Å². The molecule has 3 N–H and O–H groups in total. The standard InChI is InChI=1S/C19H31N3O4/c23-9-6-19(7-12-24-15-19)14-22-18(21-13-17-4-2-11-26-17)20-8-5-16-3-1-10-25-16/h1,3,10,17,23H,2,4-9,11-15H2,(H2,20,21,22). The van der Waals surface area contributed by atoms with Crippen LogP contribution in [0.3, 0.4) is 0 Å². The molecule has 0 bridgehead atoms. The zero-order valence-electron chi connectivity index (χ0n) is 15.4. The molecule has 1 aromatic rings. The van der Waals surface area contributed by atoms with Crippen molar-refractivity contribution in [1.29, 1.82) is 0 Å². The van der Waals surface area contributed by atoms with Crippen LogP contribution in [0.1, 0.15) is 31.4 Å². The molecule has 0 saturated carbocycles. The Balaban J connectivity index is 1.54. The van der Waals surface area contributed by atoms with Crippen LogP contribution < -0.4 is 10.6 Å². The Labute approximate surface area is 155 Å². The van der Waals surface area contributed by atoms with Crippen LogP contribution in [0.4, 0.5) is 0 Å². The van der Waals surface area contributed by atoms with Crippen molar-refractivity contribution in [1.82, 2.24) is 10.6 Å². The normalized spacial score (nSPS) is 26.3. The van der Waals surface area contributed by atoms with E-state index in [-0.39, 0.29) is 18.1 Å². The van der Waals surface area contributed by atoms with Gasteiger partial charge in [-0.1, -0.05) is 0 Å². The Hall–Kier alpha value is -1.57. The Morgan fingerprint density at radius 1 is 1.35 bits per heavy atom. The van der Waals surface area contributed by atoms with Gasteiger partial charge in [-0.2, -0.15) is 0 Å². The lowest BCUT2D eigenvalue weighted by molar-refractivity contribution is 0.113. The van der Waals surface area contributed by atoms with Crippen molar-refractivity contribution in [3.05, 3.63) is 24.2 Å². The zero-order chi connectivity index (χ0) is 18.1. The summed E-state index contributed by atoms with van der Waals surface area (Å²) in [4.78, 5) is 4.79. The SMILES string of the molecule is OCCC1(CN=C(NCCc2ccco2)NCC2CCCO2)CCOC1. The summed E-state index contributed by atoms with van der Waals surface area (Å²) in [6.45, 7) is 4.59. The largest absolute Gasteiger partial charge is 0.469 e. The maximum Gasteiger partial charge on any atom is 0.191 e. The molecule has 2 aliphatic heterocycles. The predicted octanol–water partition coefficient (Wildman–Crippen LogP) is 1.33. The van der Waals surface area contributed by atoms with Crippen LogP contribution in [0.2, 0.25) is 0 Å². The molecular weight excluding hydrogens is 334 g/mol. The third-order valence-corrected chi connectivity index (χ3v) is 5.16. The molecule has 0 spiro atoms. The van der Waals surface area contributed by atoms with Crippen molar-refractivity contribution in [3.63, 3.8) is 0 Å². The smallest absolute Gasteiger partial charge is 0.191 e. The van der Waals surface area contributed by atoms with E-state index in [4.69, 9.17) is 18.9 Å². The Morgan fingerprint density at radius 3 is 3.00 bits per heavy atom. The molecule has 146 valence electrons. The van der Waals surface area contributed by atoms with Crippen molar-refractivity contribution in [2.45, 2.75) is 38.2 Å². The van der Waals surface area contributed by atoms with Gasteiger partial charge in [-0.25, -0.2) is 0 Å². The van der Waals surface area contributed by atoms with Crippen LogP contribution in [0.5, 0.6) is 0 Å². The van der Waals surface area contributed by atoms with Crippen LogP contribution in [0.15, 0.2) is 27.8 Å². The molecule has 0 aromatic carbocycles. The molecule has 1 aromatic heterocycles. The third-order valence-electron chi connectivity index (χ3n) is 5.16. The summed E-state index contributed by atoms with van der Waals surface area (Å²) < 4.78 is 16.6. The maximum absolute atomic E-state index is 9.39. The second-order valence-electron chi connectivity index (χ2n) is 7.21. The highest BCUT2D eigenvalue weighted by molar-refractivity contribution is 5.79. The molecule has 0 radical (unpaired) electrons. The van der Waals surface area contributed by atoms with E-state index in [1.165, 1.54) is 0 Å². The number of aliphatic imine (C=N–C) groups is 1. The summed E-state index contributed by atoms with van der Waals surface area (Å²) in [6, 6.07) is 3.88. The van der Waals surface area contributed by atoms with Gasteiger partial charge in [0.1, 0.15) is 5.76 Å². The van der Waals surface area contributed by atoms with Gasteiger partial charge in [-0.3, -0.25) is 4.99 Å². The number of nitrogens with zero attached hydrogens (tertiary/aromatic N) is 1. The summed E-state index contributed by atoms with van der Waals surface area (Å²) in [6.07, 6.45) is 6.64. The number of aliphatic hydroxyl groups is 1. The predicted molar refractivity (Wildman–Crippen MR) is 99.3 cm³/mol. The van der Waals surface area contributed by atoms with Gasteiger partial charge in [-0.05, 0) is 37.8 Å². The van der Waals surface area contributed by atoms with E-state index >= 15 is 0 Å². The fourth-order valence-corrected chi connectivity index (χ4v) is 3.48. The third kappa shape index (κ3) is 5.72. The lowest BCUT2D eigenvalue weighted by atomic mass is 9.84. The maximum atomic E-state index is 9.39. The highest BCUT2D eigenvalue weighted by atomic mass is 16.5. The second-order valence-corrected chi connectivity index (χ2v) is 7.21. The minimum Gasteiger partial charge on any atom is -0.469 e. The van der Waals surface area contributed by atoms with E-state index in [2.05, 4.69) is 10.6 Å². The van der Waals surface area contributed by atoms with Crippen molar-refractivity contribution in [2.24, 2.45) is 10.4 Å². The first-order valence-corrected chi connectivity index (χ1v) is 9.64. The first kappa shape index (κ1) is 19.2. The van der Waals surface area contributed by atoms with Gasteiger partial charge in [0.15, 0.2) is 5.96 Å². The molecule has 0 aliphatic carbocycles. The van der Waals surface area contributed by atoms with E-state index in [9.17, 15) is 5.11 Å². The highest BCUT2D eigenvalue weighted by Crippen LogP contribution is 2.32. The minimum atomic E-state index is -0.0474. The number of guanidine groups is 1. The Bertz CT molecular complexity index is 535. The monoisotopic (exact) mass is 365 g/mol. The molecule has 3 heterocycles. The van der Waals surface area contributed by atoms with E-state index in [1.54, 1.807) is 6.26 Å². The van der Waals surface area contributed by atoms with Gasteiger partial charge in [0.25, 0.3) is 0 Å². The number of hydrogen-bond donors (Lipinski definition) is 3. The number of nitrogens with one attached hydrogen (secondary N) is 2. The quantitative estimate of drug-likeness (QED) is 0.452. The molecule has 0 amide bonds. The number of aliphatic hydroxyl groups excluding tert-OH is 1. The van der Waals surface area contributed by atoms with Crippen LogP contribution >= 0.6 is 0 Å². The van der Waals surface area contributed by atoms with Gasteiger partial charge < -0.3 is 29.6 Å². The molecule has 26 heavy (non-hydrogen) atoms. The summed E-state index contributed by atoms with van der Waals surface area (Å²) in [7, 11) is 0. The summed E-state index contributed by atoms with van der Waals surface area (Å²) >= 11 is 0. The molecule has 2 atom stereocenters. The topological polar surface area (TPSA) is 88.3 Å². The molecular formula is C19H31N3O4. The molecule has 3 rings (SSSR count). The molecule has 7 nitrogen and oxygen atoms in total. The second kappa shape index (κ2) is 9.94. The van der Waals surface area contributed by atoms with E-state index < -0.39 is 0 Å². The lowest BCUT2D eigenvalue weighted by Gasteiger charge is -2.25. The van der Waals surface area contributed by atoms with Crippen molar-refractivity contribution in [2.75, 3.05) is 46.1 Å². The van der Waals surface area contributed by atoms with Crippen LogP contribution in [-0.4, -0.2) is 63.2 Å². The van der Waals surface area contributed by atoms with Crippen LogP contribution in [-0.2, 0) is 15.9 Å². The van der Waals surface area contributed by atoms with Crippen molar-refractivity contribution in [3.8, 4) is 0 Å². The van der Waals surface area contributed by atoms with Gasteiger partial charge in [0.2, 0.25) is 0 Å². The fraction of sp³-hybridized carbons (Fsp3) is 0.737. The van der Waals surface area contributed by atoms with Crippen LogP contribution in [0, 0.1) is 5.41 Å². The minimum absolute atomic E-state index is 0.0474. The first-order chi connectivity index (χ1) is 12.8. The first-order valence-electron chi connectivity index (χ1n) is 9.64. The van der Waals surface area contributed by atoms with Gasteiger partial charge >= 0.3 is 0 Å². The molecule has 2 unspecified atom stereocenters. The zero-order valence-corrected chi connectivity index (χ0v) is 15.4. The molecule has 2 fully saturated rings. The lowest BCUT2D eigenvalue weighted by Crippen LogP contribution is -2.42. The summed E-state index contributed by atoms with van der Waals surface area (Å²) in [5.74, 6) is 1.74. The van der Waals surface area contributed by atoms with Gasteiger partial charge in [0, 0.05) is 44.7 Å². The van der Waals surface area contributed by atoms with Crippen LogP contribution in [0.25, 0.3) is 0 Å². The molecule has 2 aliphatic rings. The van der Waals surface area contributed by atoms with Gasteiger partial charge in [0.05, 0.1) is 25.5 Å². The Morgan fingerprint density at radius 2 is 2.31 bits per heavy atom. The van der Waals surface area contributed by atoms with Crippen molar-refractivity contribution < 1.29 is 19.0 Å². The van der Waals surface area contributed by atoms with Gasteiger partial charge in [-0.15, -0.1) is 0 Å². The molecule has 2 saturated heterocycles. The number of rotatable bonds is 9. The summed E-state index contributed by atoms with van der Waals surface area (Å²) in [5, 5.41) is 16.2. The number of ether oxygens (including phenoxy) is 2.